The van der Waals surface area contributed by atoms with Crippen molar-refractivity contribution in [3.05, 3.63) is 77.4 Å². The number of ether oxygens (including phenoxy) is 1. The first-order valence-electron chi connectivity index (χ1n) is 9.39. The number of fused-ring (bicyclic) bond motifs is 2. The Morgan fingerprint density at radius 3 is 2.81 bits per heavy atom. The zero-order chi connectivity index (χ0) is 19.8. The van der Waals surface area contributed by atoms with Crippen LogP contribution in [0.2, 0.25) is 0 Å². The molecular weight excluding hydrogens is 640 g/mol. The third kappa shape index (κ3) is 5.44. The molecule has 1 amide bonds. The van der Waals surface area contributed by atoms with E-state index in [1.165, 1.54) is 0 Å². The summed E-state index contributed by atoms with van der Waals surface area (Å²) in [6.07, 6.45) is 0. The van der Waals surface area contributed by atoms with Gasteiger partial charge >= 0.3 is 58.2 Å². The molecule has 5 rings (SSSR count). The fourth-order valence-electron chi connectivity index (χ4n) is 3.34. The van der Waals surface area contributed by atoms with Crippen molar-refractivity contribution in [2.24, 2.45) is 0 Å². The summed E-state index contributed by atoms with van der Waals surface area (Å²) >= 11 is 0. The first kappa shape index (κ1) is 24.5. The average Bonchev–Trinajstić information content (AvgIpc) is 3.33. The minimum atomic E-state index is -0.0903. The number of rotatable bonds is 5. The molecule has 2 aromatic carbocycles. The molecule has 0 fully saturated rings. The van der Waals surface area contributed by atoms with Crippen molar-refractivity contribution in [2.45, 2.75) is 26.6 Å². The van der Waals surface area contributed by atoms with Gasteiger partial charge in [-0.25, -0.2) is 11.1 Å². The molecule has 153 valence electrons. The third-order valence-corrected chi connectivity index (χ3v) is 4.82. The van der Waals surface area contributed by atoms with Crippen LogP contribution in [-0.2, 0) is 40.1 Å². The van der Waals surface area contributed by atoms with E-state index in [1.807, 2.05) is 37.3 Å². The number of carbonyl (C=O) groups is 1. The summed E-state index contributed by atoms with van der Waals surface area (Å²) in [5.41, 5.74) is 3.76. The van der Waals surface area contributed by atoms with Gasteiger partial charge in [0.1, 0.15) is 17.8 Å². The van der Waals surface area contributed by atoms with Crippen molar-refractivity contribution < 1.29 is 92.6 Å². The predicted octanol–water partition coefficient (Wildman–Crippen LogP) is 0.170. The number of hydrogen-bond acceptors (Lipinski definition) is 5. The van der Waals surface area contributed by atoms with Crippen LogP contribution in [0.1, 0.15) is 27.6 Å². The molecule has 0 saturated heterocycles. The number of oxazole rings is 1. The van der Waals surface area contributed by atoms with Crippen LogP contribution in [0.5, 0.6) is 5.75 Å². The molecule has 1 aliphatic rings. The first-order chi connectivity index (χ1) is 14.2. The summed E-state index contributed by atoms with van der Waals surface area (Å²) in [5, 5.41) is 4.49. The summed E-state index contributed by atoms with van der Waals surface area (Å²) in [6.45, 7) is 3.71. The normalized spacial score (nSPS) is 12.8. The van der Waals surface area contributed by atoms with Gasteiger partial charge in [0, 0.05) is 27.0 Å². The van der Waals surface area contributed by atoms with Crippen LogP contribution in [0.15, 0.2) is 46.9 Å². The molecule has 0 saturated carbocycles. The van der Waals surface area contributed by atoms with Gasteiger partial charge in [-0.05, 0) is 18.2 Å². The average molecular weight is 658 g/mol. The first-order valence-corrected chi connectivity index (χ1v) is 9.39. The van der Waals surface area contributed by atoms with E-state index in [0.29, 0.717) is 42.7 Å². The quantitative estimate of drug-likeness (QED) is 0.287. The van der Waals surface area contributed by atoms with Crippen LogP contribution in [-0.4, -0.2) is 32.1 Å². The van der Waals surface area contributed by atoms with Crippen molar-refractivity contribution in [3.63, 3.8) is 0 Å². The molecule has 9 heteroatoms. The zero-order valence-electron chi connectivity index (χ0n) is 17.3. The monoisotopic (exact) mass is 658 g/mol. The van der Waals surface area contributed by atoms with Crippen LogP contribution >= 0.6 is 0 Å². The van der Waals surface area contributed by atoms with Gasteiger partial charge in [-0.15, -0.1) is 12.7 Å². The van der Waals surface area contributed by atoms with E-state index in [2.05, 4.69) is 22.2 Å². The Labute approximate surface area is 242 Å². The van der Waals surface area contributed by atoms with Crippen LogP contribution in [0.25, 0.3) is 11.1 Å². The minimum Gasteiger partial charge on any atom is -0.570 e. The number of para-hydroxylation sites is 2. The molecule has 2 aromatic heterocycles. The molecule has 7 nitrogen and oxygen atoms in total. The van der Waals surface area contributed by atoms with E-state index in [1.54, 1.807) is 21.7 Å². The second kappa shape index (κ2) is 10.6. The third-order valence-electron chi connectivity index (χ3n) is 4.82. The molecule has 3 heterocycles. The summed E-state index contributed by atoms with van der Waals surface area (Å²) < 4.78 is 13.2. The topological polar surface area (TPSA) is 73.4 Å². The van der Waals surface area contributed by atoms with Gasteiger partial charge in [0.15, 0.2) is 5.58 Å². The number of aromatic nitrogens is 3. The van der Waals surface area contributed by atoms with E-state index in [-0.39, 0.29) is 91.1 Å². The van der Waals surface area contributed by atoms with E-state index in [0.717, 1.165) is 16.7 Å². The molecule has 1 aliphatic heterocycles. The number of hydrogen-bond donors (Lipinski definition) is 0. The molecule has 0 bridgehead atoms. The summed E-state index contributed by atoms with van der Waals surface area (Å²) in [5.74, 6) is 1.04. The summed E-state index contributed by atoms with van der Waals surface area (Å²) in [7, 11) is 0. The van der Waals surface area contributed by atoms with Crippen LogP contribution in [0.4, 0.5) is 0 Å². The minimum absolute atomic E-state index is 0. The number of amides is 1. The van der Waals surface area contributed by atoms with Gasteiger partial charge in [-0.3, -0.25) is 27.2 Å². The van der Waals surface area contributed by atoms with Crippen molar-refractivity contribution in [1.29, 1.82) is 0 Å². The SMILES string of the molecule is Cc1[c-]cc(OCc2cc3n(n2)CCN(Cc2nc4ccccc4o2)C3=O)[c-]c1.[Rb+].[Re]. The van der Waals surface area contributed by atoms with Crippen molar-refractivity contribution in [3.8, 4) is 5.75 Å². The van der Waals surface area contributed by atoms with E-state index in [4.69, 9.17) is 9.15 Å². The molecule has 0 aliphatic carbocycles. The van der Waals surface area contributed by atoms with Gasteiger partial charge in [-0.1, -0.05) is 12.1 Å². The number of aryl methyl sites for hydroxylation is 1. The second-order valence-corrected chi connectivity index (χ2v) is 6.96. The van der Waals surface area contributed by atoms with Crippen molar-refractivity contribution in [1.82, 2.24) is 19.7 Å². The molecule has 0 spiro atoms. The molecule has 1 radical (unpaired) electrons. The van der Waals surface area contributed by atoms with Crippen molar-refractivity contribution >= 4 is 17.0 Å². The zero-order valence-corrected chi connectivity index (χ0v) is 24.9. The maximum absolute atomic E-state index is 12.9. The molecule has 0 unspecified atom stereocenters. The fourth-order valence-corrected chi connectivity index (χ4v) is 3.34. The Morgan fingerprint density at radius 2 is 2.03 bits per heavy atom. The molecular formula is C22H18N4O3RbRe-. The molecule has 0 N–H and O–H groups in total. The van der Waals surface area contributed by atoms with Gasteiger partial charge in [0.25, 0.3) is 5.91 Å². The van der Waals surface area contributed by atoms with Crippen LogP contribution < -0.4 is 62.9 Å². The smallest absolute Gasteiger partial charge is 0.570 e. The van der Waals surface area contributed by atoms with Crippen LogP contribution in [0.3, 0.4) is 0 Å². The predicted molar refractivity (Wildman–Crippen MR) is 104 cm³/mol. The summed E-state index contributed by atoms with van der Waals surface area (Å²) in [6, 6.07) is 19.0. The van der Waals surface area contributed by atoms with Gasteiger partial charge < -0.3 is 20.1 Å². The Bertz CT molecular complexity index is 1160. The number of carbonyl (C=O) groups excluding carboxylic acids is 1. The van der Waals surface area contributed by atoms with E-state index < -0.39 is 0 Å². The maximum atomic E-state index is 12.9. The maximum Gasteiger partial charge on any atom is 1.00 e. The largest absolute Gasteiger partial charge is 1.00 e. The Kier molecular flexibility index (Phi) is 8.42. The van der Waals surface area contributed by atoms with E-state index >= 15 is 0 Å². The molecule has 4 aromatic rings. The molecule has 0 atom stereocenters. The Balaban J connectivity index is 0.00000136. The molecule has 31 heavy (non-hydrogen) atoms. The summed E-state index contributed by atoms with van der Waals surface area (Å²) in [4.78, 5) is 19.1. The Hall–Kier alpha value is -1.14. The van der Waals surface area contributed by atoms with Gasteiger partial charge in [0.2, 0.25) is 5.89 Å². The van der Waals surface area contributed by atoms with Gasteiger partial charge in [0.05, 0.1) is 18.8 Å². The van der Waals surface area contributed by atoms with Crippen LogP contribution in [0, 0.1) is 19.1 Å². The standard InChI is InChI=1S/C22H18N4O3.Rb.Re/c1-15-6-8-17(9-7-15)28-14-16-12-19-22(27)25(10-11-26(19)24-16)13-21-23-18-4-2-3-5-20(18)29-21;;/h2-6,9,12H,10-11,13-14H2,1H3;;/q-2;+1;. The second-order valence-electron chi connectivity index (χ2n) is 6.96. The fraction of sp³-hybridized carbons (Fsp3) is 0.227. The Morgan fingerprint density at radius 1 is 1.19 bits per heavy atom. The number of nitrogens with zero attached hydrogens (tertiary/aromatic N) is 4. The van der Waals surface area contributed by atoms with E-state index in [9.17, 15) is 4.79 Å². The van der Waals surface area contributed by atoms with Crippen molar-refractivity contribution in [2.75, 3.05) is 6.54 Å². The number of benzene rings is 2. The van der Waals surface area contributed by atoms with Gasteiger partial charge in [-0.2, -0.15) is 5.10 Å².